The maximum absolute atomic E-state index is 13.1. The van der Waals surface area contributed by atoms with Crippen LogP contribution in [0.2, 0.25) is 0 Å². The van der Waals surface area contributed by atoms with Crippen LogP contribution in [-0.4, -0.2) is 23.9 Å². The molecule has 2 N–H and O–H groups in total. The number of phenols is 1. The van der Waals surface area contributed by atoms with Gasteiger partial charge in [-0.15, -0.1) is 0 Å². The molecule has 1 aliphatic rings. The average molecular weight is 239 g/mol. The van der Waals surface area contributed by atoms with Crippen molar-refractivity contribution in [3.05, 3.63) is 29.6 Å². The zero-order valence-electron chi connectivity index (χ0n) is 10.0. The highest BCUT2D eigenvalue weighted by Crippen LogP contribution is 2.23. The smallest absolute Gasteiger partial charge is 0.165 e. The van der Waals surface area contributed by atoms with Gasteiger partial charge in [0.2, 0.25) is 0 Å². The molecule has 1 aliphatic heterocycles. The van der Waals surface area contributed by atoms with Crippen molar-refractivity contribution in [3.63, 3.8) is 0 Å². The number of halogens is 1. The maximum atomic E-state index is 13.1. The van der Waals surface area contributed by atoms with E-state index in [1.165, 1.54) is 6.07 Å². The molecule has 1 saturated heterocycles. The molecule has 2 rings (SSSR count). The van der Waals surface area contributed by atoms with Crippen molar-refractivity contribution >= 4 is 0 Å². The quantitative estimate of drug-likeness (QED) is 0.849. The molecule has 0 amide bonds. The van der Waals surface area contributed by atoms with Crippen LogP contribution in [0.25, 0.3) is 0 Å². The first-order chi connectivity index (χ1) is 8.11. The normalized spacial score (nSPS) is 24.8. The Morgan fingerprint density at radius 3 is 3.06 bits per heavy atom. The Balaban J connectivity index is 1.99. The molecular weight excluding hydrogens is 221 g/mol. The van der Waals surface area contributed by atoms with Gasteiger partial charge in [0.05, 0.1) is 6.61 Å². The minimum Gasteiger partial charge on any atom is -0.505 e. The van der Waals surface area contributed by atoms with Gasteiger partial charge in [0.1, 0.15) is 0 Å². The number of aromatic hydroxyl groups is 1. The molecule has 3 nitrogen and oxygen atoms in total. The van der Waals surface area contributed by atoms with E-state index < -0.39 is 5.82 Å². The van der Waals surface area contributed by atoms with Gasteiger partial charge in [-0.1, -0.05) is 12.1 Å². The monoisotopic (exact) mass is 239 g/mol. The lowest BCUT2D eigenvalue weighted by molar-refractivity contribution is 0.0277. The third-order valence-electron chi connectivity index (χ3n) is 3.21. The van der Waals surface area contributed by atoms with E-state index in [1.807, 2.05) is 0 Å². The molecular formula is C13H18FNO2. The number of hydrogen-bond donors (Lipinski definition) is 2. The summed E-state index contributed by atoms with van der Waals surface area (Å²) in [5, 5.41) is 12.9. The summed E-state index contributed by atoms with van der Waals surface area (Å²) in [6.07, 6.45) is 2.06. The van der Waals surface area contributed by atoms with Gasteiger partial charge >= 0.3 is 0 Å². The largest absolute Gasteiger partial charge is 0.505 e. The number of ether oxygens (including phenoxy) is 1. The van der Waals surface area contributed by atoms with E-state index >= 15 is 0 Å². The van der Waals surface area contributed by atoms with E-state index in [4.69, 9.17) is 4.74 Å². The highest BCUT2D eigenvalue weighted by Gasteiger charge is 2.27. The third kappa shape index (κ3) is 2.96. The van der Waals surface area contributed by atoms with Crippen LogP contribution in [0, 0.1) is 5.82 Å². The Morgan fingerprint density at radius 2 is 2.35 bits per heavy atom. The molecule has 1 aromatic carbocycles. The number of rotatable bonds is 3. The topological polar surface area (TPSA) is 41.5 Å². The van der Waals surface area contributed by atoms with E-state index in [1.54, 1.807) is 12.1 Å². The fourth-order valence-electron chi connectivity index (χ4n) is 2.08. The van der Waals surface area contributed by atoms with Gasteiger partial charge in [-0.3, -0.25) is 0 Å². The molecule has 1 atom stereocenters. The lowest BCUT2D eigenvalue weighted by Crippen LogP contribution is -2.48. The van der Waals surface area contributed by atoms with Crippen molar-refractivity contribution < 1.29 is 14.2 Å². The van der Waals surface area contributed by atoms with E-state index in [0.717, 1.165) is 19.4 Å². The molecule has 0 radical (unpaired) electrons. The average Bonchev–Trinajstić information content (AvgIpc) is 2.32. The Morgan fingerprint density at radius 1 is 1.53 bits per heavy atom. The van der Waals surface area contributed by atoms with Crippen molar-refractivity contribution in [2.75, 3.05) is 13.2 Å². The number of phenolic OH excluding ortho intramolecular Hbond substituents is 1. The molecule has 17 heavy (non-hydrogen) atoms. The minimum atomic E-state index is -0.575. The molecule has 1 heterocycles. The van der Waals surface area contributed by atoms with Crippen LogP contribution in [0.4, 0.5) is 4.39 Å². The first kappa shape index (κ1) is 12.3. The van der Waals surface area contributed by atoms with Gasteiger partial charge in [0, 0.05) is 24.3 Å². The van der Waals surface area contributed by atoms with Gasteiger partial charge in [-0.25, -0.2) is 4.39 Å². The van der Waals surface area contributed by atoms with Crippen molar-refractivity contribution in [1.82, 2.24) is 5.32 Å². The summed E-state index contributed by atoms with van der Waals surface area (Å²) < 4.78 is 18.6. The summed E-state index contributed by atoms with van der Waals surface area (Å²) in [5.74, 6) is -0.838. The lowest BCUT2D eigenvalue weighted by Gasteiger charge is -2.34. The number of nitrogens with one attached hydrogen (secondary N) is 1. The van der Waals surface area contributed by atoms with Crippen LogP contribution in [0.5, 0.6) is 5.75 Å². The Labute approximate surface area is 101 Å². The van der Waals surface area contributed by atoms with Gasteiger partial charge in [-0.05, 0) is 25.8 Å². The van der Waals surface area contributed by atoms with Crippen LogP contribution in [0.15, 0.2) is 18.2 Å². The van der Waals surface area contributed by atoms with Crippen LogP contribution < -0.4 is 5.32 Å². The van der Waals surface area contributed by atoms with E-state index in [0.29, 0.717) is 18.7 Å². The minimum absolute atomic E-state index is 0.0863. The summed E-state index contributed by atoms with van der Waals surface area (Å²) >= 11 is 0. The van der Waals surface area contributed by atoms with Gasteiger partial charge in [0.25, 0.3) is 0 Å². The standard InChI is InChI=1S/C13H18FNO2/c1-13(6-3-7-17-9-13)15-8-10-4-2-5-11(14)12(10)16/h2,4-5,15-16H,3,6-9H2,1H3. The predicted octanol–water partition coefficient (Wildman–Crippen LogP) is 2.19. The van der Waals surface area contributed by atoms with Crippen molar-refractivity contribution in [2.45, 2.75) is 31.8 Å². The molecule has 0 aromatic heterocycles. The molecule has 1 fully saturated rings. The molecule has 0 spiro atoms. The highest BCUT2D eigenvalue weighted by atomic mass is 19.1. The fraction of sp³-hybridized carbons (Fsp3) is 0.538. The first-order valence-electron chi connectivity index (χ1n) is 5.90. The zero-order valence-corrected chi connectivity index (χ0v) is 10.0. The van der Waals surface area contributed by atoms with Gasteiger partial charge in [0.15, 0.2) is 11.6 Å². The summed E-state index contributed by atoms with van der Waals surface area (Å²) in [4.78, 5) is 0. The fourth-order valence-corrected chi connectivity index (χ4v) is 2.08. The van der Waals surface area contributed by atoms with Crippen LogP contribution in [-0.2, 0) is 11.3 Å². The third-order valence-corrected chi connectivity index (χ3v) is 3.21. The number of benzene rings is 1. The number of para-hydroxylation sites is 1. The zero-order chi connectivity index (χ0) is 12.3. The van der Waals surface area contributed by atoms with E-state index in [2.05, 4.69) is 12.2 Å². The second kappa shape index (κ2) is 5.02. The van der Waals surface area contributed by atoms with Crippen LogP contribution in [0.3, 0.4) is 0 Å². The summed E-state index contributed by atoms with van der Waals surface area (Å²) in [6, 6.07) is 4.58. The summed E-state index contributed by atoms with van der Waals surface area (Å²) in [7, 11) is 0. The predicted molar refractivity (Wildman–Crippen MR) is 63.4 cm³/mol. The second-order valence-corrected chi connectivity index (χ2v) is 4.82. The maximum Gasteiger partial charge on any atom is 0.165 e. The summed E-state index contributed by atoms with van der Waals surface area (Å²) in [5.41, 5.74) is 0.494. The molecule has 0 saturated carbocycles. The van der Waals surface area contributed by atoms with Crippen molar-refractivity contribution in [3.8, 4) is 5.75 Å². The molecule has 0 aliphatic carbocycles. The number of hydrogen-bond acceptors (Lipinski definition) is 3. The van der Waals surface area contributed by atoms with E-state index in [9.17, 15) is 9.50 Å². The van der Waals surface area contributed by atoms with Gasteiger partial charge in [-0.2, -0.15) is 0 Å². The highest BCUT2D eigenvalue weighted by molar-refractivity contribution is 5.33. The molecule has 0 bridgehead atoms. The Hall–Kier alpha value is -1.13. The molecule has 4 heteroatoms. The van der Waals surface area contributed by atoms with Crippen molar-refractivity contribution in [1.29, 1.82) is 0 Å². The van der Waals surface area contributed by atoms with Crippen molar-refractivity contribution in [2.24, 2.45) is 0 Å². The SMILES string of the molecule is CC1(NCc2cccc(F)c2O)CCCOC1. The van der Waals surface area contributed by atoms with Crippen LogP contribution >= 0.6 is 0 Å². The Kier molecular flexibility index (Phi) is 3.64. The lowest BCUT2D eigenvalue weighted by atomic mass is 9.94. The molecule has 94 valence electrons. The van der Waals surface area contributed by atoms with Gasteiger partial charge < -0.3 is 15.2 Å². The molecule has 1 unspecified atom stereocenters. The Bertz CT molecular complexity index is 389. The van der Waals surface area contributed by atoms with Crippen LogP contribution in [0.1, 0.15) is 25.3 Å². The first-order valence-corrected chi connectivity index (χ1v) is 5.90. The van der Waals surface area contributed by atoms with E-state index in [-0.39, 0.29) is 11.3 Å². The molecule has 1 aromatic rings. The summed E-state index contributed by atoms with van der Waals surface area (Å²) in [6.45, 7) is 4.00. The second-order valence-electron chi connectivity index (χ2n) is 4.82.